The molecule has 0 aromatic heterocycles. The Morgan fingerprint density at radius 3 is 1.20 bits per heavy atom. The number of nitrogens with zero attached hydrogens (tertiary/aromatic N) is 1. The zero-order valence-electron chi connectivity index (χ0n) is 70.4. The summed E-state index contributed by atoms with van der Waals surface area (Å²) in [7, 11) is 0. The number of guanidine groups is 1. The molecule has 0 bridgehead atoms. The van der Waals surface area contributed by atoms with Crippen molar-refractivity contribution in [2.75, 3.05) is 31.6 Å². The number of hydrogen-bond acceptors (Lipinski definition) is 25. The van der Waals surface area contributed by atoms with E-state index in [1.165, 1.54) is 43.0 Å². The summed E-state index contributed by atoms with van der Waals surface area (Å²) >= 11 is 1.27. The van der Waals surface area contributed by atoms with Crippen LogP contribution in [0.5, 0.6) is 5.75 Å². The molecule has 0 fully saturated rings. The highest BCUT2D eigenvalue weighted by molar-refractivity contribution is 7.98. The number of aliphatic imine (C=N–C) groups is 1. The number of carbonyl (C=O) groups is 18. The van der Waals surface area contributed by atoms with Gasteiger partial charge in [-0.15, -0.1) is 0 Å². The second kappa shape index (κ2) is 55.7. The number of thioether (sulfide) groups is 1. The van der Waals surface area contributed by atoms with E-state index in [0.29, 0.717) is 6.42 Å². The smallest absolute Gasteiger partial charge is 0.326 e. The lowest BCUT2D eigenvalue weighted by atomic mass is 9.96. The van der Waals surface area contributed by atoms with Gasteiger partial charge in [-0.1, -0.05) is 73.9 Å². The van der Waals surface area contributed by atoms with Crippen molar-refractivity contribution in [2.24, 2.45) is 51.6 Å². The molecule has 0 radical (unpaired) electrons. The number of unbranched alkanes of at least 4 members (excludes halogenated alkanes) is 1. The maximum atomic E-state index is 14.8. The Kier molecular flexibility index (Phi) is 49.7. The van der Waals surface area contributed by atoms with Crippen molar-refractivity contribution in [3.05, 3.63) is 29.8 Å². The number of nitrogens with one attached hydrogen (secondary N) is 14. The van der Waals surface area contributed by atoms with E-state index in [4.69, 9.17) is 28.0 Å². The summed E-state index contributed by atoms with van der Waals surface area (Å²) in [5.74, 6) is -23.4. The molecular weight excluding hydrogens is 1610 g/mol. The van der Waals surface area contributed by atoms with Crippen molar-refractivity contribution >= 4 is 124 Å². The van der Waals surface area contributed by atoms with E-state index in [-0.39, 0.29) is 99.8 Å². The monoisotopic (exact) mass is 1740 g/mol. The Hall–Kier alpha value is -11.1. The van der Waals surface area contributed by atoms with Crippen molar-refractivity contribution in [1.29, 1.82) is 0 Å². The van der Waals surface area contributed by atoms with Crippen molar-refractivity contribution < 1.29 is 122 Å². The summed E-state index contributed by atoms with van der Waals surface area (Å²) in [6, 6.07) is -17.8. The molecule has 0 aliphatic heterocycles. The molecular formula is C76H127N19O25S. The van der Waals surface area contributed by atoms with E-state index in [1.54, 1.807) is 61.6 Å². The number of carboxylic acids is 4. The number of phenols is 1. The molecule has 1 aromatic rings. The summed E-state index contributed by atoms with van der Waals surface area (Å²) < 4.78 is 0. The average Bonchev–Trinajstić information content (AvgIpc) is 0.845. The molecule has 14 amide bonds. The van der Waals surface area contributed by atoms with Gasteiger partial charge in [-0.2, -0.15) is 11.8 Å². The fraction of sp³-hybridized carbons (Fsp3) is 0.671. The molecule has 0 aliphatic rings. The second-order valence-corrected chi connectivity index (χ2v) is 31.7. The van der Waals surface area contributed by atoms with E-state index in [1.807, 2.05) is 0 Å². The van der Waals surface area contributed by atoms with Crippen molar-refractivity contribution in [1.82, 2.24) is 74.4 Å². The number of amides is 14. The average molecular weight is 1740 g/mol. The van der Waals surface area contributed by atoms with Crippen LogP contribution >= 0.6 is 11.8 Å². The van der Waals surface area contributed by atoms with Gasteiger partial charge >= 0.3 is 23.9 Å². The molecule has 0 saturated heterocycles. The SMILES string of the molecule is CC[C@H](C)[C@H](NC(=O)[C@H](CCCCN)NC(=O)[C@H](CCSC)NC(=O)[C@H](CC(C)C)NC(=O)[C@H](Cc1ccc(O)cc1)NC(=O)[C@H](CC(=O)O)NC(=O)[C@@H](NC(=O)[C@H](CC(C)C)NC(=O)[C@H](CC(=O)O)NC(=O)[C@H](CCCN=C(N)N)NC(=O)CNC(=O)[C@H](C)N)[C@@H](C)O)C(=O)N[C@@H](CC(C)C)C(=O)N[C@H](C(=O)N[C@@H](CCC(=O)O)C(=O)O)[C@@H](C)O. The number of nitrogens with two attached hydrogens (primary N) is 4. The number of carboxylic acid groups (broad SMARTS) is 4. The Morgan fingerprint density at radius 2 is 0.785 bits per heavy atom. The number of aliphatic hydroxyl groups excluding tert-OH is 2. The number of aromatic hydroxyl groups is 1. The predicted molar refractivity (Wildman–Crippen MR) is 440 cm³/mol. The lowest BCUT2D eigenvalue weighted by molar-refractivity contribution is -0.144. The van der Waals surface area contributed by atoms with Crippen LogP contribution in [0.25, 0.3) is 0 Å². The van der Waals surface area contributed by atoms with Crippen LogP contribution in [0.15, 0.2) is 29.3 Å². The molecule has 45 heteroatoms. The first-order chi connectivity index (χ1) is 56.5. The highest BCUT2D eigenvalue weighted by Crippen LogP contribution is 2.18. The molecule has 121 heavy (non-hydrogen) atoms. The fourth-order valence-corrected chi connectivity index (χ4v) is 12.3. The normalized spacial score (nSPS) is 15.4. The van der Waals surface area contributed by atoms with Crippen LogP contribution in [-0.4, -0.2) is 277 Å². The van der Waals surface area contributed by atoms with Gasteiger partial charge in [0, 0.05) is 19.4 Å². The summed E-state index contributed by atoms with van der Waals surface area (Å²) in [4.78, 5) is 248. The number of aliphatic carboxylic acids is 4. The molecule has 17 atom stereocenters. The van der Waals surface area contributed by atoms with Gasteiger partial charge in [0.1, 0.15) is 84.3 Å². The molecule has 0 aliphatic carbocycles. The van der Waals surface area contributed by atoms with Gasteiger partial charge in [0.25, 0.3) is 0 Å². The minimum atomic E-state index is -2.15. The molecule has 0 spiro atoms. The maximum Gasteiger partial charge on any atom is 0.326 e. The zero-order valence-corrected chi connectivity index (χ0v) is 71.3. The number of benzene rings is 1. The molecule has 29 N–H and O–H groups in total. The van der Waals surface area contributed by atoms with Crippen LogP contribution in [0, 0.1) is 23.7 Å². The fourth-order valence-electron chi connectivity index (χ4n) is 11.8. The summed E-state index contributed by atoms with van der Waals surface area (Å²) in [5.41, 5.74) is 22.5. The number of hydrogen-bond donors (Lipinski definition) is 25. The summed E-state index contributed by atoms with van der Waals surface area (Å²) in [6.45, 7) is 16.2. The second-order valence-electron chi connectivity index (χ2n) is 30.7. The van der Waals surface area contributed by atoms with Gasteiger partial charge in [-0.25, -0.2) is 4.79 Å². The number of aliphatic hydroxyl groups is 2. The van der Waals surface area contributed by atoms with Crippen LogP contribution in [0.1, 0.15) is 172 Å². The van der Waals surface area contributed by atoms with E-state index >= 15 is 0 Å². The number of carbonyl (C=O) groups excluding carboxylic acids is 14. The molecule has 682 valence electrons. The Balaban J connectivity index is 3.80. The van der Waals surface area contributed by atoms with Gasteiger partial charge in [0.15, 0.2) is 5.96 Å². The van der Waals surface area contributed by atoms with Crippen molar-refractivity contribution in [2.45, 2.75) is 269 Å². The Bertz CT molecular complexity index is 3680. The quantitative estimate of drug-likeness (QED) is 0.0164. The van der Waals surface area contributed by atoms with E-state index < -0.39 is 260 Å². The van der Waals surface area contributed by atoms with Crippen LogP contribution in [0.3, 0.4) is 0 Å². The largest absolute Gasteiger partial charge is 0.508 e. The topological polar surface area (TPSA) is 734 Å². The third kappa shape index (κ3) is 42.6. The van der Waals surface area contributed by atoms with Gasteiger partial charge in [-0.05, 0) is 145 Å². The molecule has 0 heterocycles. The minimum Gasteiger partial charge on any atom is -0.508 e. The lowest BCUT2D eigenvalue weighted by Gasteiger charge is -2.30. The zero-order chi connectivity index (χ0) is 92.2. The van der Waals surface area contributed by atoms with Crippen LogP contribution in [0.4, 0.5) is 0 Å². The van der Waals surface area contributed by atoms with Crippen molar-refractivity contribution in [3.8, 4) is 5.75 Å². The highest BCUT2D eigenvalue weighted by Gasteiger charge is 2.41. The maximum absolute atomic E-state index is 14.8. The summed E-state index contributed by atoms with van der Waals surface area (Å²) in [5, 5.41) is 104. The van der Waals surface area contributed by atoms with E-state index in [9.17, 15) is 117 Å². The van der Waals surface area contributed by atoms with Gasteiger partial charge in [0.05, 0.1) is 37.6 Å². The van der Waals surface area contributed by atoms with Crippen LogP contribution in [-0.2, 0) is 92.7 Å². The first-order valence-corrected chi connectivity index (χ1v) is 41.2. The van der Waals surface area contributed by atoms with Gasteiger partial charge in [-0.3, -0.25) is 86.5 Å². The van der Waals surface area contributed by atoms with E-state index in [2.05, 4.69) is 79.4 Å². The predicted octanol–water partition coefficient (Wildman–Crippen LogP) is -5.52. The van der Waals surface area contributed by atoms with E-state index in [0.717, 1.165) is 13.8 Å². The van der Waals surface area contributed by atoms with Crippen molar-refractivity contribution in [3.63, 3.8) is 0 Å². The standard InChI is InChI=1S/C76H127N19O25S/c1-13-39(8)59(72(116)91-51(31-38(6)7)71(115)94-60(41(10)96)73(117)86-48(75(119)120)23-24-56(100)101)93-65(109)46(17-14-15-26-77)84-64(108)47(25-28-121-12)85-66(110)49(29-36(2)3)87-67(111)52(32-43-19-21-44(98)22-20-43)89-69(113)54(34-58(104)105)92-74(118)61(42(11)97)95-70(114)50(30-37(4)5)88-68(112)53(33-57(102)103)90-63(107)45(18-16-27-81-76(79)80)83-55(99)35-82-62(106)40(9)78/h19-22,36-42,45-54,59-61,96-98H,13-18,23-35,77-78H2,1-12H3,(H,82,106)(H,83,99)(H,84,108)(H,85,110)(H,86,117)(H,87,111)(H,88,112)(H,89,113)(H,90,107)(H,91,116)(H,92,118)(H,93,109)(H,94,115)(H,95,114)(H,100,101)(H,102,103)(H,104,105)(H,119,120)(H4,79,80,81)/t39-,40-,41+,42+,45-,46-,47-,48-,49-,50-,51-,52-,53-,54-,59-,60-,61-/m0/s1. The molecule has 0 saturated carbocycles. The highest BCUT2D eigenvalue weighted by atomic mass is 32.2. The van der Waals surface area contributed by atoms with Gasteiger partial charge < -0.3 is 133 Å². The number of phenolic OH excluding ortho intramolecular Hbond substituents is 1. The number of rotatable bonds is 59. The van der Waals surface area contributed by atoms with Gasteiger partial charge in [0.2, 0.25) is 82.7 Å². The molecule has 1 aromatic carbocycles. The molecule has 1 rings (SSSR count). The molecule has 44 nitrogen and oxygen atoms in total. The minimum absolute atomic E-state index is 0.0377. The first-order valence-electron chi connectivity index (χ1n) is 39.8. The third-order valence-corrected chi connectivity index (χ3v) is 19.1. The first kappa shape index (κ1) is 108. The van der Waals surface area contributed by atoms with Crippen LogP contribution < -0.4 is 97.4 Å². The lowest BCUT2D eigenvalue weighted by Crippen LogP contribution is -2.62. The van der Waals surface area contributed by atoms with Crippen LogP contribution in [0.2, 0.25) is 0 Å². The Morgan fingerprint density at radius 1 is 0.421 bits per heavy atom. The summed E-state index contributed by atoms with van der Waals surface area (Å²) in [6.07, 6.45) is -5.77. The Labute approximate surface area is 706 Å². The molecule has 0 unspecified atom stereocenters. The third-order valence-electron chi connectivity index (χ3n) is 18.5.